The number of methoxy groups -OCH3 is 1. The van der Waals surface area contributed by atoms with Crippen molar-refractivity contribution in [1.29, 1.82) is 0 Å². The van der Waals surface area contributed by atoms with Gasteiger partial charge >= 0.3 is 5.97 Å². The smallest absolute Gasteiger partial charge is 0.303 e. The summed E-state index contributed by atoms with van der Waals surface area (Å²) in [7, 11) is 1.52. The molecule has 2 fully saturated rings. The van der Waals surface area contributed by atoms with Gasteiger partial charge in [-0.1, -0.05) is 13.8 Å². The summed E-state index contributed by atoms with van der Waals surface area (Å²) < 4.78 is 40.8. The molecule has 12 nitrogen and oxygen atoms in total. The second kappa shape index (κ2) is 12.6. The van der Waals surface area contributed by atoms with Crippen LogP contribution in [-0.4, -0.2) is 99.3 Å². The van der Waals surface area contributed by atoms with Crippen molar-refractivity contribution in [3.63, 3.8) is 0 Å². The molecule has 0 N–H and O–H groups in total. The highest BCUT2D eigenvalue weighted by Gasteiger charge is 2.51. The minimum atomic E-state index is -0.681. The highest BCUT2D eigenvalue weighted by Crippen LogP contribution is 2.54. The zero-order valence-corrected chi connectivity index (χ0v) is 27.5. The zero-order chi connectivity index (χ0) is 33.0. The molecule has 4 aliphatic heterocycles. The molecule has 2 aromatic carbocycles. The highest BCUT2D eigenvalue weighted by atomic mass is 16.7. The first-order valence-corrected chi connectivity index (χ1v) is 16.5. The van der Waals surface area contributed by atoms with Crippen molar-refractivity contribution in [2.24, 2.45) is 11.8 Å². The lowest BCUT2D eigenvalue weighted by atomic mass is 9.82. The summed E-state index contributed by atoms with van der Waals surface area (Å²) in [4.78, 5) is 44.6. The summed E-state index contributed by atoms with van der Waals surface area (Å²) in [6.45, 7) is 11.8. The largest absolute Gasteiger partial charge is 0.493 e. The summed E-state index contributed by atoms with van der Waals surface area (Å²) >= 11 is 0. The molecule has 2 aromatic rings. The third-order valence-electron chi connectivity index (χ3n) is 10.3. The molecule has 252 valence electrons. The molecule has 2 saturated heterocycles. The number of carbonyl (C=O) groups excluding carboxylic acids is 3. The van der Waals surface area contributed by atoms with Gasteiger partial charge in [-0.25, -0.2) is 0 Å². The number of rotatable bonds is 8. The predicted molar refractivity (Wildman–Crippen MR) is 167 cm³/mol. The molecule has 0 bridgehead atoms. The van der Waals surface area contributed by atoms with E-state index < -0.39 is 30.5 Å². The number of morpholine rings is 1. The second-order valence-electron chi connectivity index (χ2n) is 13.1. The maximum atomic E-state index is 14.4. The lowest BCUT2D eigenvalue weighted by Gasteiger charge is -2.43. The molecule has 0 spiro atoms. The number of ether oxygens (including phenoxy) is 7. The topological polar surface area (TPSA) is 122 Å². The first kappa shape index (κ1) is 31.7. The van der Waals surface area contributed by atoms with E-state index in [9.17, 15) is 14.4 Å². The van der Waals surface area contributed by atoms with Crippen molar-refractivity contribution in [2.75, 3.05) is 53.3 Å². The van der Waals surface area contributed by atoms with E-state index in [1.165, 1.54) is 14.0 Å². The van der Waals surface area contributed by atoms with Gasteiger partial charge < -0.3 is 38.1 Å². The van der Waals surface area contributed by atoms with Crippen LogP contribution in [0.15, 0.2) is 24.3 Å². The number of fused-ring (bicyclic) bond motifs is 6. The fourth-order valence-electron chi connectivity index (χ4n) is 7.69. The molecular formula is C35H42N2O10. The number of nitrogens with zero attached hydrogens (tertiary/aromatic N) is 2. The van der Waals surface area contributed by atoms with Crippen LogP contribution in [0.25, 0.3) is 0 Å². The first-order chi connectivity index (χ1) is 22.7. The van der Waals surface area contributed by atoms with Crippen LogP contribution in [0, 0.1) is 11.8 Å². The highest BCUT2D eigenvalue weighted by molar-refractivity contribution is 6.11. The van der Waals surface area contributed by atoms with E-state index in [4.69, 9.17) is 33.2 Å². The lowest BCUT2D eigenvalue weighted by molar-refractivity contribution is -0.234. The predicted octanol–water partition coefficient (Wildman–Crippen LogP) is 3.95. The number of Topliss-reactive ketones (excluding diaryl/α,β-unsaturated/α-hetero) is 1. The van der Waals surface area contributed by atoms with Crippen LogP contribution < -0.4 is 18.9 Å². The summed E-state index contributed by atoms with van der Waals surface area (Å²) in [6, 6.07) is 6.54. The third kappa shape index (κ3) is 5.59. The van der Waals surface area contributed by atoms with Gasteiger partial charge in [-0.3, -0.25) is 19.3 Å². The first-order valence-electron chi connectivity index (χ1n) is 16.5. The fourth-order valence-corrected chi connectivity index (χ4v) is 7.69. The summed E-state index contributed by atoms with van der Waals surface area (Å²) in [5.74, 6) is 0.385. The molecule has 0 radical (unpaired) electrons. The Bertz CT molecular complexity index is 1570. The molecule has 2 unspecified atom stereocenters. The quantitative estimate of drug-likeness (QED) is 0.386. The van der Waals surface area contributed by atoms with Crippen LogP contribution in [0.5, 0.6) is 23.0 Å². The Morgan fingerprint density at radius 3 is 2.38 bits per heavy atom. The molecule has 0 saturated carbocycles. The lowest BCUT2D eigenvalue weighted by Crippen LogP contribution is -2.51. The Morgan fingerprint density at radius 1 is 0.915 bits per heavy atom. The monoisotopic (exact) mass is 650 g/mol. The van der Waals surface area contributed by atoms with Crippen molar-refractivity contribution in [3.05, 3.63) is 46.5 Å². The maximum absolute atomic E-state index is 14.4. The Morgan fingerprint density at radius 2 is 1.66 bits per heavy atom. The van der Waals surface area contributed by atoms with Gasteiger partial charge in [0, 0.05) is 56.1 Å². The molecule has 7 rings (SSSR count). The van der Waals surface area contributed by atoms with E-state index in [2.05, 4.69) is 4.90 Å². The average molecular weight is 651 g/mol. The summed E-state index contributed by atoms with van der Waals surface area (Å²) in [5, 5.41) is 0. The van der Waals surface area contributed by atoms with Crippen LogP contribution in [0.4, 0.5) is 0 Å². The summed E-state index contributed by atoms with van der Waals surface area (Å²) in [5.41, 5.74) is 2.30. The van der Waals surface area contributed by atoms with Crippen molar-refractivity contribution in [1.82, 2.24) is 9.80 Å². The normalized spacial score (nSPS) is 29.6. The molecule has 12 heteroatoms. The van der Waals surface area contributed by atoms with E-state index in [0.717, 1.165) is 31.6 Å². The number of amides is 1. The van der Waals surface area contributed by atoms with Crippen LogP contribution in [0.1, 0.15) is 77.9 Å². The fraction of sp³-hybridized carbons (Fsp3) is 0.571. The number of esters is 1. The minimum Gasteiger partial charge on any atom is -0.493 e. The van der Waals surface area contributed by atoms with Gasteiger partial charge in [0.1, 0.15) is 6.10 Å². The third-order valence-corrected chi connectivity index (χ3v) is 10.3. The molecule has 47 heavy (non-hydrogen) atoms. The molecule has 5 aliphatic rings. The van der Waals surface area contributed by atoms with Crippen molar-refractivity contribution in [2.45, 2.75) is 64.6 Å². The number of hydrogen-bond donors (Lipinski definition) is 0. The van der Waals surface area contributed by atoms with Crippen molar-refractivity contribution in [3.8, 4) is 23.0 Å². The summed E-state index contributed by atoms with van der Waals surface area (Å²) in [6.07, 6.45) is -0.755. The van der Waals surface area contributed by atoms with Gasteiger partial charge in [0.05, 0.1) is 38.4 Å². The van der Waals surface area contributed by atoms with E-state index in [1.807, 2.05) is 31.7 Å². The van der Waals surface area contributed by atoms with E-state index in [-0.39, 0.29) is 36.3 Å². The number of carbonyl (C=O) groups is 3. The molecule has 1 amide bonds. The molecular weight excluding hydrogens is 608 g/mol. The Balaban J connectivity index is 1.23. The van der Waals surface area contributed by atoms with Crippen LogP contribution in [0.3, 0.4) is 0 Å². The van der Waals surface area contributed by atoms with Gasteiger partial charge in [0.25, 0.3) is 5.91 Å². The standard InChI is InChI=1S/C35H42N2O10/c1-18-19(2)35(45-20(3)33(18)46-21(4)38)47-29-13-22-25(16-26(29)41-5)34(40)37(8-6-7-36-9-11-42-12-10-36)31-23-14-27-28(44-17-43-27)15-24(23)32(39)30(22)31/h13-16,18-20,30-31,33,35H,6-12,17H2,1-5H3/t18-,19-,20-,30?,31?,33-,35-/m0/s1. The number of hydrogen-bond acceptors (Lipinski definition) is 11. The van der Waals surface area contributed by atoms with Gasteiger partial charge in [0.15, 0.2) is 28.8 Å². The Labute approximate surface area is 274 Å². The van der Waals surface area contributed by atoms with Crippen LogP contribution in [0.2, 0.25) is 0 Å². The van der Waals surface area contributed by atoms with Gasteiger partial charge in [-0.15, -0.1) is 0 Å². The van der Waals surface area contributed by atoms with E-state index >= 15 is 0 Å². The van der Waals surface area contributed by atoms with Crippen LogP contribution >= 0.6 is 0 Å². The zero-order valence-electron chi connectivity index (χ0n) is 27.5. The number of benzene rings is 2. The Hall–Kier alpha value is -3.87. The van der Waals surface area contributed by atoms with E-state index in [0.29, 0.717) is 59.4 Å². The molecule has 7 atom stereocenters. The van der Waals surface area contributed by atoms with Crippen molar-refractivity contribution < 1.29 is 47.5 Å². The van der Waals surface area contributed by atoms with Crippen molar-refractivity contribution >= 4 is 17.7 Å². The maximum Gasteiger partial charge on any atom is 0.303 e. The minimum absolute atomic E-state index is 0.0504. The molecule has 1 aliphatic carbocycles. The average Bonchev–Trinajstić information content (AvgIpc) is 3.64. The SMILES string of the molecule is COc1cc2c(cc1O[C@@H]1O[C@@H](C)[C@@H](OC(C)=O)[C@@H](C)[C@@H]1C)C1C(=O)c3cc4c(cc3C1N(CCCN1CCOCC1)C2=O)OCO4. The van der Waals surface area contributed by atoms with Gasteiger partial charge in [-0.2, -0.15) is 0 Å². The van der Waals surface area contributed by atoms with Gasteiger partial charge in [0.2, 0.25) is 13.1 Å². The number of ketones is 1. The Kier molecular flexibility index (Phi) is 8.52. The molecule has 4 heterocycles. The second-order valence-corrected chi connectivity index (χ2v) is 13.1. The van der Waals surface area contributed by atoms with Crippen LogP contribution in [-0.2, 0) is 19.0 Å². The van der Waals surface area contributed by atoms with Gasteiger partial charge in [-0.05, 0) is 48.7 Å². The van der Waals surface area contributed by atoms with E-state index in [1.54, 1.807) is 18.2 Å². The molecule has 0 aromatic heterocycles.